The van der Waals surface area contributed by atoms with Gasteiger partial charge >= 0.3 is 0 Å². The van der Waals surface area contributed by atoms with Crippen molar-refractivity contribution in [3.63, 3.8) is 0 Å². The lowest BCUT2D eigenvalue weighted by molar-refractivity contribution is -0.134. The first-order chi connectivity index (χ1) is 13.7. The maximum atomic E-state index is 13.2. The van der Waals surface area contributed by atoms with Crippen molar-refractivity contribution in [1.82, 2.24) is 14.8 Å². The van der Waals surface area contributed by atoms with Gasteiger partial charge in [-0.2, -0.15) is 4.31 Å². The molecule has 2 atom stereocenters. The predicted molar refractivity (Wildman–Crippen MR) is 105 cm³/mol. The van der Waals surface area contributed by atoms with E-state index in [0.29, 0.717) is 11.5 Å². The monoisotopic (exact) mass is 439 g/mol. The Morgan fingerprint density at radius 2 is 1.79 bits per heavy atom. The van der Waals surface area contributed by atoms with E-state index in [4.69, 9.17) is 9.94 Å². The number of rotatable bonds is 5. The van der Waals surface area contributed by atoms with Crippen LogP contribution >= 0.6 is 0 Å². The van der Waals surface area contributed by atoms with E-state index in [1.54, 1.807) is 24.5 Å². The molecular formula is C18H21N3O6S2. The lowest BCUT2D eigenvalue weighted by Crippen LogP contribution is -2.64. The molecule has 2 aromatic rings. The molecule has 1 saturated heterocycles. The summed E-state index contributed by atoms with van der Waals surface area (Å²) in [6.07, 6.45) is 3.14. The molecular weight excluding hydrogens is 418 g/mol. The first kappa shape index (κ1) is 21.4. The lowest BCUT2D eigenvalue weighted by atomic mass is 10.0. The number of hydrogen-bond donors (Lipinski definition) is 2. The minimum Gasteiger partial charge on any atom is -0.457 e. The highest BCUT2D eigenvalue weighted by Crippen LogP contribution is 2.33. The summed E-state index contributed by atoms with van der Waals surface area (Å²) in [5, 5.41) is 9.10. The van der Waals surface area contributed by atoms with Crippen LogP contribution in [-0.2, 0) is 25.6 Å². The van der Waals surface area contributed by atoms with Crippen LogP contribution < -0.4 is 10.2 Å². The zero-order chi connectivity index (χ0) is 21.2. The highest BCUT2D eigenvalue weighted by atomic mass is 32.2. The van der Waals surface area contributed by atoms with Gasteiger partial charge in [0.2, 0.25) is 10.0 Å². The highest BCUT2D eigenvalue weighted by molar-refractivity contribution is 7.90. The number of ether oxygens (including phenoxy) is 1. The molecule has 1 fully saturated rings. The third-order valence-corrected chi connectivity index (χ3v) is 8.53. The van der Waals surface area contributed by atoms with Crippen LogP contribution in [0.3, 0.4) is 0 Å². The van der Waals surface area contributed by atoms with E-state index < -0.39 is 37.5 Å². The molecule has 2 heterocycles. The molecule has 29 heavy (non-hydrogen) atoms. The lowest BCUT2D eigenvalue weighted by Gasteiger charge is -2.42. The van der Waals surface area contributed by atoms with Gasteiger partial charge in [0.25, 0.3) is 5.91 Å². The van der Waals surface area contributed by atoms with Gasteiger partial charge in [0.05, 0.1) is 9.64 Å². The van der Waals surface area contributed by atoms with Crippen LogP contribution in [0.5, 0.6) is 11.5 Å². The van der Waals surface area contributed by atoms with Gasteiger partial charge in [0.15, 0.2) is 0 Å². The quantitative estimate of drug-likeness (QED) is 0.531. The summed E-state index contributed by atoms with van der Waals surface area (Å²) in [5.41, 5.74) is 1.50. The number of carbonyl (C=O) groups is 1. The first-order valence-corrected chi connectivity index (χ1v) is 11.5. The van der Waals surface area contributed by atoms with E-state index in [9.17, 15) is 17.4 Å². The average Bonchev–Trinajstić information content (AvgIpc) is 2.70. The van der Waals surface area contributed by atoms with Gasteiger partial charge in [-0.05, 0) is 50.2 Å². The summed E-state index contributed by atoms with van der Waals surface area (Å²) >= 11 is 0. The van der Waals surface area contributed by atoms with Gasteiger partial charge in [-0.25, -0.2) is 13.9 Å². The van der Waals surface area contributed by atoms with E-state index in [0.717, 1.165) is 4.31 Å². The molecule has 1 amide bonds. The third kappa shape index (κ3) is 4.17. The molecule has 0 saturated carbocycles. The Balaban J connectivity index is 1.90. The zero-order valence-electron chi connectivity index (χ0n) is 15.8. The van der Waals surface area contributed by atoms with Crippen LogP contribution in [0.4, 0.5) is 0 Å². The van der Waals surface area contributed by atoms with Gasteiger partial charge in [-0.15, -0.1) is 0 Å². The first-order valence-electron chi connectivity index (χ1n) is 8.70. The Labute approximate surface area is 171 Å². The molecule has 2 N–H and O–H groups in total. The molecule has 1 aromatic carbocycles. The number of nitrogens with zero attached hydrogens (tertiary/aromatic N) is 2. The fourth-order valence-corrected chi connectivity index (χ4v) is 6.43. The second-order valence-corrected chi connectivity index (χ2v) is 10.9. The molecule has 156 valence electrons. The summed E-state index contributed by atoms with van der Waals surface area (Å²) in [6.45, 7) is 2.97. The van der Waals surface area contributed by atoms with Crippen molar-refractivity contribution in [2.75, 3.05) is 12.3 Å². The number of carbonyl (C=O) groups excluding carboxylic acids is 1. The van der Waals surface area contributed by atoms with Crippen molar-refractivity contribution in [1.29, 1.82) is 0 Å². The highest BCUT2D eigenvalue weighted by Gasteiger charge is 2.51. The molecule has 0 radical (unpaired) electrons. The Bertz CT molecular complexity index is 1010. The van der Waals surface area contributed by atoms with Crippen LogP contribution in [0.15, 0.2) is 53.7 Å². The molecule has 0 bridgehead atoms. The predicted octanol–water partition coefficient (Wildman–Crippen LogP) is 1.28. The van der Waals surface area contributed by atoms with Crippen molar-refractivity contribution in [3.05, 3.63) is 48.8 Å². The Morgan fingerprint density at radius 3 is 2.38 bits per heavy atom. The van der Waals surface area contributed by atoms with Crippen molar-refractivity contribution < 1.29 is 27.4 Å². The van der Waals surface area contributed by atoms with Crippen molar-refractivity contribution in [2.45, 2.75) is 29.5 Å². The molecule has 1 aliphatic rings. The normalized spacial score (nSPS) is 22.0. The number of hydroxylamine groups is 1. The number of amides is 1. The Kier molecular flexibility index (Phi) is 6.03. The van der Waals surface area contributed by atoms with Gasteiger partial charge in [-0.1, -0.05) is 0 Å². The van der Waals surface area contributed by atoms with Gasteiger partial charge in [0.1, 0.15) is 17.5 Å². The van der Waals surface area contributed by atoms with E-state index >= 15 is 0 Å². The number of benzene rings is 1. The van der Waals surface area contributed by atoms with Crippen LogP contribution in [0, 0.1) is 0 Å². The summed E-state index contributed by atoms with van der Waals surface area (Å²) in [5.74, 6) is 0.143. The van der Waals surface area contributed by atoms with Gasteiger partial charge in [0, 0.05) is 35.5 Å². The number of nitrogens with one attached hydrogen (secondary N) is 1. The van der Waals surface area contributed by atoms with Crippen molar-refractivity contribution in [2.24, 2.45) is 0 Å². The second kappa shape index (κ2) is 8.19. The van der Waals surface area contributed by atoms with E-state index in [1.165, 1.54) is 43.6 Å². The smallest absolute Gasteiger partial charge is 0.263 e. The van der Waals surface area contributed by atoms with Crippen LogP contribution in [0.1, 0.15) is 13.8 Å². The summed E-state index contributed by atoms with van der Waals surface area (Å²) in [6, 6.07) is 7.76. The van der Waals surface area contributed by atoms with Crippen molar-refractivity contribution >= 4 is 26.7 Å². The minimum atomic E-state index is -4.09. The zero-order valence-corrected chi connectivity index (χ0v) is 17.4. The average molecular weight is 440 g/mol. The fraction of sp³-hybridized carbons (Fsp3) is 0.333. The van der Waals surface area contributed by atoms with Crippen LogP contribution in [-0.4, -0.2) is 56.1 Å². The van der Waals surface area contributed by atoms with Gasteiger partial charge < -0.3 is 4.74 Å². The maximum Gasteiger partial charge on any atom is 0.263 e. The molecule has 9 nitrogen and oxygen atoms in total. The standard InChI is InChI=1S/C18H21N3O6S2/c1-18(2)16(17(22)20-23)21(11-12-28(18)24)29(25,26)15-5-3-13(4-6-15)27-14-7-9-19-10-8-14/h3-10,16,23H,11-12H2,1-2H3,(H,20,22)/t16-,28-/m0/s1. The number of pyridine rings is 1. The molecule has 0 unspecified atom stereocenters. The molecule has 11 heteroatoms. The Hall–Kier alpha value is -2.34. The van der Waals surface area contributed by atoms with E-state index in [-0.39, 0.29) is 17.2 Å². The topological polar surface area (TPSA) is 126 Å². The molecule has 3 rings (SSSR count). The fourth-order valence-electron chi connectivity index (χ4n) is 3.16. The minimum absolute atomic E-state index is 0.0428. The van der Waals surface area contributed by atoms with Crippen LogP contribution in [0.2, 0.25) is 0 Å². The maximum absolute atomic E-state index is 13.2. The number of aromatic nitrogens is 1. The summed E-state index contributed by atoms with van der Waals surface area (Å²) in [4.78, 5) is 16.1. The van der Waals surface area contributed by atoms with Crippen LogP contribution in [0.25, 0.3) is 0 Å². The molecule has 1 aromatic heterocycles. The second-order valence-electron chi connectivity index (χ2n) is 6.90. The largest absolute Gasteiger partial charge is 0.457 e. The SMILES string of the molecule is CC1(C)[C@H](C(=O)NO)N(S(=O)(=O)c2ccc(Oc3ccncc3)cc2)CC[S@@]1=O. The number of sulfonamides is 1. The summed E-state index contributed by atoms with van der Waals surface area (Å²) in [7, 11) is -5.53. The van der Waals surface area contributed by atoms with E-state index in [2.05, 4.69) is 4.98 Å². The van der Waals surface area contributed by atoms with Crippen molar-refractivity contribution in [3.8, 4) is 11.5 Å². The van der Waals surface area contributed by atoms with Gasteiger partial charge in [-0.3, -0.25) is 19.2 Å². The Morgan fingerprint density at radius 1 is 1.21 bits per heavy atom. The molecule has 0 spiro atoms. The molecule has 1 aliphatic heterocycles. The number of hydrogen-bond acceptors (Lipinski definition) is 7. The molecule has 0 aliphatic carbocycles. The third-order valence-electron chi connectivity index (χ3n) is 4.70. The summed E-state index contributed by atoms with van der Waals surface area (Å²) < 4.78 is 44.2. The van der Waals surface area contributed by atoms with E-state index in [1.807, 2.05) is 0 Å².